The lowest BCUT2D eigenvalue weighted by Gasteiger charge is -2.29. The third-order valence-electron chi connectivity index (χ3n) is 6.47. The van der Waals surface area contributed by atoms with Crippen molar-refractivity contribution in [3.05, 3.63) is 46.7 Å². The van der Waals surface area contributed by atoms with E-state index in [4.69, 9.17) is 0 Å². The van der Waals surface area contributed by atoms with Crippen molar-refractivity contribution in [1.82, 2.24) is 9.80 Å². The summed E-state index contributed by atoms with van der Waals surface area (Å²) in [6.07, 6.45) is 4.10. The summed E-state index contributed by atoms with van der Waals surface area (Å²) in [5.74, 6) is -0.828. The van der Waals surface area contributed by atoms with Crippen LogP contribution in [-0.4, -0.2) is 52.8 Å². The third-order valence-corrected chi connectivity index (χ3v) is 6.47. The standard InChI is InChI=1S/C24H32N2O3/c1-24(2,3)18-10-8-16(9-11-18)20-19(21(27)17-6-7-17)22(28)23(29)26(20)15-14-25-12-4-5-13-25/h8-11,17,20,28H,4-7,12-15H2,1-3H3. The second kappa shape index (κ2) is 7.60. The van der Waals surface area contributed by atoms with E-state index in [1.807, 2.05) is 12.1 Å². The fourth-order valence-electron chi connectivity index (χ4n) is 4.47. The lowest BCUT2D eigenvalue weighted by atomic mass is 9.85. The topological polar surface area (TPSA) is 60.9 Å². The first-order valence-electron chi connectivity index (χ1n) is 10.9. The van der Waals surface area contributed by atoms with Gasteiger partial charge in [0.1, 0.15) is 0 Å². The van der Waals surface area contributed by atoms with E-state index in [1.165, 1.54) is 18.4 Å². The molecule has 1 atom stereocenters. The highest BCUT2D eigenvalue weighted by molar-refractivity contribution is 6.10. The zero-order chi connectivity index (χ0) is 20.8. The van der Waals surface area contributed by atoms with E-state index in [0.29, 0.717) is 12.1 Å². The van der Waals surface area contributed by atoms with E-state index in [-0.39, 0.29) is 22.9 Å². The Balaban J connectivity index is 1.65. The maximum atomic E-state index is 13.0. The van der Waals surface area contributed by atoms with Crippen molar-refractivity contribution < 1.29 is 14.7 Å². The van der Waals surface area contributed by atoms with Gasteiger partial charge in [-0.25, -0.2) is 0 Å². The van der Waals surface area contributed by atoms with E-state index in [9.17, 15) is 14.7 Å². The molecule has 0 radical (unpaired) electrons. The van der Waals surface area contributed by atoms with Gasteiger partial charge >= 0.3 is 0 Å². The summed E-state index contributed by atoms with van der Waals surface area (Å²) < 4.78 is 0. The minimum absolute atomic E-state index is 0.0319. The van der Waals surface area contributed by atoms with Crippen LogP contribution in [0, 0.1) is 5.92 Å². The number of amides is 1. The predicted molar refractivity (Wildman–Crippen MR) is 113 cm³/mol. The minimum Gasteiger partial charge on any atom is -0.503 e. The predicted octanol–water partition coefficient (Wildman–Crippen LogP) is 3.75. The molecular formula is C24H32N2O3. The van der Waals surface area contributed by atoms with Gasteiger partial charge in [-0.3, -0.25) is 9.59 Å². The molecule has 1 N–H and O–H groups in total. The number of hydrogen-bond donors (Lipinski definition) is 1. The number of ketones is 1. The molecule has 2 heterocycles. The van der Waals surface area contributed by atoms with Crippen LogP contribution in [0.4, 0.5) is 0 Å². The van der Waals surface area contributed by atoms with Crippen LogP contribution in [-0.2, 0) is 15.0 Å². The number of aliphatic hydroxyl groups is 1. The number of benzene rings is 1. The SMILES string of the molecule is CC(C)(C)c1ccc(C2C(C(=O)C3CC3)=C(O)C(=O)N2CCN2CCCC2)cc1. The highest BCUT2D eigenvalue weighted by Crippen LogP contribution is 2.43. The van der Waals surface area contributed by atoms with Gasteiger partial charge in [-0.2, -0.15) is 0 Å². The number of rotatable bonds is 6. The highest BCUT2D eigenvalue weighted by Gasteiger charge is 2.47. The molecule has 2 fully saturated rings. The summed E-state index contributed by atoms with van der Waals surface area (Å²) in [6.45, 7) is 9.91. The van der Waals surface area contributed by atoms with Gasteiger partial charge in [0.05, 0.1) is 11.6 Å². The molecule has 4 rings (SSSR count). The molecule has 5 nitrogen and oxygen atoms in total. The fourth-order valence-corrected chi connectivity index (χ4v) is 4.47. The zero-order valence-electron chi connectivity index (χ0n) is 17.8. The molecule has 5 heteroatoms. The summed E-state index contributed by atoms with van der Waals surface area (Å²) in [6, 6.07) is 7.70. The third kappa shape index (κ3) is 3.97. The first-order valence-corrected chi connectivity index (χ1v) is 10.9. The average Bonchev–Trinajstić information content (AvgIpc) is 3.35. The number of aliphatic hydroxyl groups excluding tert-OH is 1. The van der Waals surface area contributed by atoms with Crippen LogP contribution < -0.4 is 0 Å². The Kier molecular flexibility index (Phi) is 5.28. The molecule has 0 spiro atoms. The number of hydrogen-bond acceptors (Lipinski definition) is 4. The largest absolute Gasteiger partial charge is 0.503 e. The van der Waals surface area contributed by atoms with Crippen molar-refractivity contribution in [3.63, 3.8) is 0 Å². The van der Waals surface area contributed by atoms with Gasteiger partial charge in [-0.1, -0.05) is 45.0 Å². The normalized spacial score (nSPS) is 23.3. The van der Waals surface area contributed by atoms with Crippen LogP contribution >= 0.6 is 0 Å². The molecule has 1 unspecified atom stereocenters. The number of nitrogens with zero attached hydrogens (tertiary/aromatic N) is 2. The lowest BCUT2D eigenvalue weighted by molar-refractivity contribution is -0.129. The molecule has 0 aromatic heterocycles. The van der Waals surface area contributed by atoms with Crippen molar-refractivity contribution in [3.8, 4) is 0 Å². The van der Waals surface area contributed by atoms with E-state index >= 15 is 0 Å². The molecule has 0 bridgehead atoms. The maximum absolute atomic E-state index is 13.0. The Bertz CT molecular complexity index is 825. The smallest absolute Gasteiger partial charge is 0.290 e. The van der Waals surface area contributed by atoms with Crippen LogP contribution in [0.1, 0.15) is 63.6 Å². The molecule has 1 saturated heterocycles. The fraction of sp³-hybridized carbons (Fsp3) is 0.583. The first-order chi connectivity index (χ1) is 13.8. The average molecular weight is 397 g/mol. The summed E-state index contributed by atoms with van der Waals surface area (Å²) in [5.41, 5.74) is 2.45. The number of Topliss-reactive ketones (excluding diaryl/α,β-unsaturated/α-hetero) is 1. The zero-order valence-corrected chi connectivity index (χ0v) is 17.8. The highest BCUT2D eigenvalue weighted by atomic mass is 16.3. The Morgan fingerprint density at radius 2 is 1.69 bits per heavy atom. The first kappa shape index (κ1) is 20.1. The minimum atomic E-state index is -0.479. The van der Waals surface area contributed by atoms with Crippen molar-refractivity contribution in [2.75, 3.05) is 26.2 Å². The van der Waals surface area contributed by atoms with Crippen molar-refractivity contribution in [2.24, 2.45) is 5.92 Å². The van der Waals surface area contributed by atoms with Crippen molar-refractivity contribution in [1.29, 1.82) is 0 Å². The Hall–Kier alpha value is -2.14. The molecule has 156 valence electrons. The Morgan fingerprint density at radius 3 is 2.24 bits per heavy atom. The molecule has 29 heavy (non-hydrogen) atoms. The van der Waals surface area contributed by atoms with Gasteiger partial charge in [-0.15, -0.1) is 0 Å². The maximum Gasteiger partial charge on any atom is 0.290 e. The van der Waals surface area contributed by atoms with E-state index in [2.05, 4.69) is 37.8 Å². The van der Waals surface area contributed by atoms with Crippen molar-refractivity contribution >= 4 is 11.7 Å². The molecule has 1 aromatic rings. The van der Waals surface area contributed by atoms with Crippen LogP contribution in [0.2, 0.25) is 0 Å². The Morgan fingerprint density at radius 1 is 1.07 bits per heavy atom. The molecule has 1 saturated carbocycles. The van der Waals surface area contributed by atoms with Gasteiger partial charge in [0, 0.05) is 19.0 Å². The van der Waals surface area contributed by atoms with Crippen molar-refractivity contribution in [2.45, 2.75) is 57.9 Å². The lowest BCUT2D eigenvalue weighted by Crippen LogP contribution is -2.38. The van der Waals surface area contributed by atoms with Crippen LogP contribution in [0.3, 0.4) is 0 Å². The molecule has 1 aromatic carbocycles. The summed E-state index contributed by atoms with van der Waals surface area (Å²) in [5, 5.41) is 10.6. The quantitative estimate of drug-likeness (QED) is 0.795. The second-order valence-electron chi connectivity index (χ2n) is 9.72. The summed E-state index contributed by atoms with van der Waals surface area (Å²) in [7, 11) is 0. The number of carbonyl (C=O) groups excluding carboxylic acids is 2. The molecule has 1 amide bonds. The monoisotopic (exact) mass is 396 g/mol. The summed E-state index contributed by atoms with van der Waals surface area (Å²) in [4.78, 5) is 30.0. The van der Waals surface area contributed by atoms with Crippen LogP contribution in [0.25, 0.3) is 0 Å². The van der Waals surface area contributed by atoms with E-state index in [0.717, 1.165) is 38.0 Å². The molecular weight excluding hydrogens is 364 g/mol. The van der Waals surface area contributed by atoms with Gasteiger partial charge in [-0.05, 0) is 55.3 Å². The summed E-state index contributed by atoms with van der Waals surface area (Å²) >= 11 is 0. The van der Waals surface area contributed by atoms with Crippen LogP contribution in [0.5, 0.6) is 0 Å². The van der Waals surface area contributed by atoms with Gasteiger partial charge < -0.3 is 14.9 Å². The molecule has 2 aliphatic heterocycles. The van der Waals surface area contributed by atoms with Gasteiger partial charge in [0.25, 0.3) is 5.91 Å². The van der Waals surface area contributed by atoms with Crippen LogP contribution in [0.15, 0.2) is 35.6 Å². The molecule has 1 aliphatic carbocycles. The number of likely N-dealkylation sites (tertiary alicyclic amines) is 1. The molecule has 3 aliphatic rings. The van der Waals surface area contributed by atoms with E-state index in [1.54, 1.807) is 4.90 Å². The Labute approximate surface area is 173 Å². The second-order valence-corrected chi connectivity index (χ2v) is 9.72. The van der Waals surface area contributed by atoms with Gasteiger partial charge in [0.15, 0.2) is 11.5 Å². The van der Waals surface area contributed by atoms with Gasteiger partial charge in [0.2, 0.25) is 0 Å². The van der Waals surface area contributed by atoms with E-state index < -0.39 is 11.9 Å². The number of carbonyl (C=O) groups is 2.